The van der Waals surface area contributed by atoms with Crippen molar-refractivity contribution in [3.05, 3.63) is 18.7 Å². The normalized spacial score (nSPS) is 11.0. The molecule has 0 N–H and O–H groups in total. The lowest BCUT2D eigenvalue weighted by Gasteiger charge is -2.16. The Bertz CT molecular complexity index is 374. The Hall–Kier alpha value is -0.680. The molecule has 0 aromatic carbocycles. The summed E-state index contributed by atoms with van der Waals surface area (Å²) in [5.74, 6) is 0. The quantitative estimate of drug-likeness (QED) is 0.435. The molecular formula is C12H25N2O4P. The van der Waals surface area contributed by atoms with Gasteiger partial charge in [0.15, 0.2) is 0 Å². The van der Waals surface area contributed by atoms with Gasteiger partial charge in [0, 0.05) is 14.2 Å². The van der Waals surface area contributed by atoms with E-state index in [1.807, 2.05) is 0 Å². The number of aromatic nitrogens is 2. The molecule has 6 nitrogen and oxygen atoms in total. The molecule has 0 unspecified atom stereocenters. The van der Waals surface area contributed by atoms with Gasteiger partial charge in [-0.25, -0.2) is 9.13 Å². The van der Waals surface area contributed by atoms with Gasteiger partial charge in [0.1, 0.15) is 12.4 Å². The van der Waals surface area contributed by atoms with Gasteiger partial charge in [-0.05, 0) is 12.8 Å². The van der Waals surface area contributed by atoms with Crippen molar-refractivity contribution < 1.29 is 23.1 Å². The van der Waals surface area contributed by atoms with Gasteiger partial charge in [0.2, 0.25) is 6.33 Å². The van der Waals surface area contributed by atoms with E-state index in [2.05, 4.69) is 50.9 Å². The molecule has 0 spiro atoms. The minimum Gasteiger partial charge on any atom is -0.756 e. The van der Waals surface area contributed by atoms with Crippen LogP contribution in [-0.4, -0.2) is 18.8 Å². The van der Waals surface area contributed by atoms with E-state index < -0.39 is 7.82 Å². The van der Waals surface area contributed by atoms with Crippen LogP contribution in [0.3, 0.4) is 0 Å². The second-order valence-electron chi connectivity index (χ2n) is 4.19. The number of nitrogens with zero attached hydrogens (tertiary/aromatic N) is 2. The number of hydrogen-bond acceptors (Lipinski definition) is 4. The van der Waals surface area contributed by atoms with Crippen molar-refractivity contribution in [3.63, 3.8) is 0 Å². The molecule has 0 radical (unpaired) electrons. The van der Waals surface area contributed by atoms with Gasteiger partial charge < -0.3 is 13.9 Å². The lowest BCUT2D eigenvalue weighted by Crippen LogP contribution is -2.23. The Morgan fingerprint density at radius 1 is 1.26 bits per heavy atom. The third-order valence-electron chi connectivity index (χ3n) is 2.54. The minimum atomic E-state index is -3.90. The number of phosphoric acid groups is 1. The molecule has 0 amide bonds. The SMILES string of the molecule is CCCCCCn1cc[n+](C)c1.COP(=O)([O-])OC. The fourth-order valence-corrected chi connectivity index (χ4v) is 1.58. The third-order valence-corrected chi connectivity index (χ3v) is 3.44. The lowest BCUT2D eigenvalue weighted by atomic mass is 10.2. The van der Waals surface area contributed by atoms with E-state index >= 15 is 0 Å². The summed E-state index contributed by atoms with van der Waals surface area (Å²) in [7, 11) is 0.232. The van der Waals surface area contributed by atoms with E-state index in [-0.39, 0.29) is 0 Å². The van der Waals surface area contributed by atoms with Crippen LogP contribution >= 0.6 is 7.82 Å². The lowest BCUT2D eigenvalue weighted by molar-refractivity contribution is -0.671. The smallest absolute Gasteiger partial charge is 0.267 e. The monoisotopic (exact) mass is 292 g/mol. The maximum atomic E-state index is 9.95. The molecule has 1 aromatic heterocycles. The molecule has 1 rings (SSSR count). The third kappa shape index (κ3) is 9.85. The zero-order chi connectivity index (χ0) is 14.7. The molecule has 0 saturated heterocycles. The largest absolute Gasteiger partial charge is 0.756 e. The summed E-state index contributed by atoms with van der Waals surface area (Å²) >= 11 is 0. The molecule has 0 atom stereocenters. The molecule has 0 aliphatic heterocycles. The van der Waals surface area contributed by atoms with Gasteiger partial charge in [-0.15, -0.1) is 0 Å². The second kappa shape index (κ2) is 10.1. The van der Waals surface area contributed by atoms with E-state index in [9.17, 15) is 9.46 Å². The maximum Gasteiger partial charge on any atom is 0.267 e. The summed E-state index contributed by atoms with van der Waals surface area (Å²) in [6.45, 7) is 3.41. The van der Waals surface area contributed by atoms with Crippen molar-refractivity contribution in [3.8, 4) is 0 Å². The van der Waals surface area contributed by atoms with E-state index in [0.29, 0.717) is 0 Å². The summed E-state index contributed by atoms with van der Waals surface area (Å²) in [4.78, 5) is 9.95. The molecule has 0 aliphatic rings. The second-order valence-corrected chi connectivity index (χ2v) is 5.81. The minimum absolute atomic E-state index is 1.04. The van der Waals surface area contributed by atoms with Crippen LogP contribution in [0.15, 0.2) is 18.7 Å². The average molecular weight is 292 g/mol. The van der Waals surface area contributed by atoms with Gasteiger partial charge in [-0.2, -0.15) is 0 Å². The zero-order valence-corrected chi connectivity index (χ0v) is 13.1. The molecule has 0 fully saturated rings. The fraction of sp³-hybridized carbons (Fsp3) is 0.750. The van der Waals surface area contributed by atoms with Crippen molar-refractivity contribution in [1.82, 2.24) is 4.57 Å². The number of phosphoric ester groups is 1. The first-order valence-electron chi connectivity index (χ1n) is 6.38. The van der Waals surface area contributed by atoms with Gasteiger partial charge >= 0.3 is 0 Å². The van der Waals surface area contributed by atoms with Gasteiger partial charge in [-0.3, -0.25) is 4.57 Å². The Morgan fingerprint density at radius 3 is 2.26 bits per heavy atom. The molecule has 1 aromatic rings. The van der Waals surface area contributed by atoms with Crippen LogP contribution in [0.2, 0.25) is 0 Å². The van der Waals surface area contributed by atoms with Crippen LogP contribution in [0.25, 0.3) is 0 Å². The number of hydrogen-bond donors (Lipinski definition) is 0. The Kier molecular flexibility index (Phi) is 9.79. The van der Waals surface area contributed by atoms with Crippen molar-refractivity contribution in [1.29, 1.82) is 0 Å². The predicted molar refractivity (Wildman–Crippen MR) is 71.4 cm³/mol. The molecule has 0 aliphatic carbocycles. The highest BCUT2D eigenvalue weighted by molar-refractivity contribution is 7.45. The Balaban J connectivity index is 0.000000399. The van der Waals surface area contributed by atoms with Crippen LogP contribution in [0.4, 0.5) is 0 Å². The summed E-state index contributed by atoms with van der Waals surface area (Å²) < 4.78 is 22.0. The van der Waals surface area contributed by atoms with Gasteiger partial charge in [0.25, 0.3) is 7.82 Å². The van der Waals surface area contributed by atoms with Gasteiger partial charge in [0.05, 0.1) is 13.6 Å². The maximum absolute atomic E-state index is 9.95. The van der Waals surface area contributed by atoms with Crippen LogP contribution in [0, 0.1) is 0 Å². The summed E-state index contributed by atoms with van der Waals surface area (Å²) in [5.41, 5.74) is 0. The zero-order valence-electron chi connectivity index (χ0n) is 12.2. The highest BCUT2D eigenvalue weighted by Gasteiger charge is 1.99. The van der Waals surface area contributed by atoms with Crippen LogP contribution < -0.4 is 9.46 Å². The number of imidazole rings is 1. The topological polar surface area (TPSA) is 67.4 Å². The predicted octanol–water partition coefficient (Wildman–Crippen LogP) is 1.64. The first-order chi connectivity index (χ1) is 8.95. The number of rotatable bonds is 7. The van der Waals surface area contributed by atoms with E-state index in [0.717, 1.165) is 14.2 Å². The van der Waals surface area contributed by atoms with Gasteiger partial charge in [-0.1, -0.05) is 19.8 Å². The molecule has 0 saturated carbocycles. The number of aryl methyl sites for hydroxylation is 2. The Morgan fingerprint density at radius 2 is 1.89 bits per heavy atom. The molecule has 7 heteroatoms. The summed E-state index contributed by atoms with van der Waals surface area (Å²) in [5, 5.41) is 0. The molecule has 19 heavy (non-hydrogen) atoms. The van der Waals surface area contributed by atoms with E-state index in [4.69, 9.17) is 0 Å². The number of unbranched alkanes of at least 4 members (excludes halogenated alkanes) is 3. The van der Waals surface area contributed by atoms with Crippen LogP contribution in [0.5, 0.6) is 0 Å². The first-order valence-corrected chi connectivity index (χ1v) is 7.84. The Labute approximate surface area is 115 Å². The van der Waals surface area contributed by atoms with Crippen molar-refractivity contribution in [2.75, 3.05) is 14.2 Å². The molecule has 0 bridgehead atoms. The van der Waals surface area contributed by atoms with Crippen LogP contribution in [-0.2, 0) is 27.2 Å². The van der Waals surface area contributed by atoms with E-state index in [1.54, 1.807) is 0 Å². The average Bonchev–Trinajstić information content (AvgIpc) is 2.81. The fourth-order valence-electron chi connectivity index (χ4n) is 1.43. The van der Waals surface area contributed by atoms with Crippen molar-refractivity contribution in [2.24, 2.45) is 7.05 Å². The van der Waals surface area contributed by atoms with Crippen LogP contribution in [0.1, 0.15) is 32.6 Å². The van der Waals surface area contributed by atoms with Crippen molar-refractivity contribution >= 4 is 7.82 Å². The standard InChI is InChI=1S/C10H19N2.C2H7O4P/c1-3-4-5-6-7-12-9-8-11(2)10-12;1-5-7(3,4)6-2/h8-10H,3-7H2,1-2H3;1-2H3,(H,3,4)/q+1;/p-1. The highest BCUT2D eigenvalue weighted by Crippen LogP contribution is 2.34. The molecular weight excluding hydrogens is 267 g/mol. The summed E-state index contributed by atoms with van der Waals surface area (Å²) in [6, 6.07) is 0. The first kappa shape index (κ1) is 18.3. The highest BCUT2D eigenvalue weighted by atomic mass is 31.2. The molecule has 1 heterocycles. The van der Waals surface area contributed by atoms with E-state index in [1.165, 1.54) is 32.2 Å². The molecule has 112 valence electrons. The summed E-state index contributed by atoms with van der Waals surface area (Å²) in [6.07, 6.45) is 11.7. The van der Waals surface area contributed by atoms with Crippen molar-refractivity contribution in [2.45, 2.75) is 39.2 Å².